The Morgan fingerprint density at radius 3 is 1.76 bits per heavy atom. The van der Waals surface area contributed by atoms with Gasteiger partial charge in [0.25, 0.3) is 0 Å². The summed E-state index contributed by atoms with van der Waals surface area (Å²) < 4.78 is 0. The largest absolute Gasteiger partial charge is 0.193 e. The fourth-order valence-electron chi connectivity index (χ4n) is 1.47. The molecule has 2 heteroatoms. The van der Waals surface area contributed by atoms with Gasteiger partial charge in [-0.25, -0.2) is 0 Å². The van der Waals surface area contributed by atoms with Crippen LogP contribution in [0, 0.1) is 11.3 Å². The van der Waals surface area contributed by atoms with Gasteiger partial charge in [0.05, 0.1) is 6.07 Å². The van der Waals surface area contributed by atoms with E-state index in [-0.39, 0.29) is 0 Å². The van der Waals surface area contributed by atoms with Crippen LogP contribution in [0.1, 0.15) is 11.1 Å². The monoisotopic (exact) mass is 293 g/mol. The number of nitrogens with zero attached hydrogens (tertiary/aromatic N) is 1. The Morgan fingerprint density at radius 2 is 1.29 bits per heavy atom. The van der Waals surface area contributed by atoms with E-state index in [1.165, 1.54) is 11.6 Å². The van der Waals surface area contributed by atoms with Crippen LogP contribution in [-0.4, -0.2) is 0 Å². The minimum Gasteiger partial charge on any atom is -0.193 e. The molecule has 2 rings (SSSR count). The van der Waals surface area contributed by atoms with E-state index in [0.29, 0.717) is 0 Å². The second kappa shape index (κ2) is 11.3. The quantitative estimate of drug-likeness (QED) is 0.528. The Labute approximate surface area is 131 Å². The zero-order valence-corrected chi connectivity index (χ0v) is 12.3. The van der Waals surface area contributed by atoms with E-state index in [1.807, 2.05) is 85.0 Å². The molecular weight excluding hydrogens is 278 g/mol. The molecule has 0 amide bonds. The van der Waals surface area contributed by atoms with E-state index in [9.17, 15) is 0 Å². The van der Waals surface area contributed by atoms with Gasteiger partial charge in [-0.1, -0.05) is 90.5 Å². The molecule has 0 spiro atoms. The zero-order chi connectivity index (χ0) is 15.2. The number of hydrogen-bond acceptors (Lipinski definition) is 1. The van der Waals surface area contributed by atoms with Gasteiger partial charge in [0, 0.05) is 11.6 Å². The molecule has 0 unspecified atom stereocenters. The fourth-order valence-corrected chi connectivity index (χ4v) is 1.61. The second-order valence-corrected chi connectivity index (χ2v) is 4.21. The van der Waals surface area contributed by atoms with E-state index in [0.717, 1.165) is 11.1 Å². The van der Waals surface area contributed by atoms with Crippen LogP contribution in [0.5, 0.6) is 0 Å². The molecule has 1 nitrogen and oxygen atoms in total. The smallest absolute Gasteiger partial charge is 0.0912 e. The number of halogens is 1. The minimum absolute atomic E-state index is 1.13. The van der Waals surface area contributed by atoms with Gasteiger partial charge in [-0.15, -0.1) is 0 Å². The molecule has 104 valence electrons. The van der Waals surface area contributed by atoms with Crippen molar-refractivity contribution in [2.24, 2.45) is 0 Å². The molecule has 2 aromatic carbocycles. The SMILES string of the molecule is ClC=Cc1ccccc1.N#CC=CC=Cc1ccccc1. The van der Waals surface area contributed by atoms with Crippen LogP contribution in [0.2, 0.25) is 0 Å². The third-order valence-electron chi connectivity index (χ3n) is 2.43. The predicted molar refractivity (Wildman–Crippen MR) is 91.6 cm³/mol. The van der Waals surface area contributed by atoms with Crippen molar-refractivity contribution in [3.05, 3.63) is 95.6 Å². The predicted octanol–water partition coefficient (Wildman–Crippen LogP) is 5.68. The first-order valence-corrected chi connectivity index (χ1v) is 6.90. The first-order chi connectivity index (χ1) is 10.4. The van der Waals surface area contributed by atoms with Crippen molar-refractivity contribution >= 4 is 23.8 Å². The molecule has 0 aliphatic rings. The zero-order valence-electron chi connectivity index (χ0n) is 11.6. The Hall–Kier alpha value is -2.56. The third-order valence-corrected chi connectivity index (χ3v) is 2.55. The van der Waals surface area contributed by atoms with Gasteiger partial charge in [0.1, 0.15) is 0 Å². The molecule has 0 saturated carbocycles. The maximum absolute atomic E-state index is 8.19. The normalized spacial score (nSPS) is 10.5. The van der Waals surface area contributed by atoms with Crippen LogP contribution in [0.4, 0.5) is 0 Å². The summed E-state index contributed by atoms with van der Waals surface area (Å²) in [7, 11) is 0. The standard InChI is InChI=1S/C11H9N.C8H7Cl/c12-10-6-2-5-9-11-7-3-1-4-8-11;9-7-6-8-4-2-1-3-5-8/h1-9H;1-7H. The number of benzene rings is 2. The minimum atomic E-state index is 1.13. The summed E-state index contributed by atoms with van der Waals surface area (Å²) in [5.74, 6) is 0. The first kappa shape index (κ1) is 16.5. The van der Waals surface area contributed by atoms with Crippen LogP contribution >= 0.6 is 11.6 Å². The average Bonchev–Trinajstić information content (AvgIpc) is 2.55. The van der Waals surface area contributed by atoms with E-state index < -0.39 is 0 Å². The summed E-state index contributed by atoms with van der Waals surface area (Å²) in [6, 6.07) is 21.8. The number of allylic oxidation sites excluding steroid dienone is 3. The van der Waals surface area contributed by atoms with E-state index in [1.54, 1.807) is 6.08 Å². The van der Waals surface area contributed by atoms with Gasteiger partial charge >= 0.3 is 0 Å². The van der Waals surface area contributed by atoms with Crippen molar-refractivity contribution in [1.82, 2.24) is 0 Å². The summed E-state index contributed by atoms with van der Waals surface area (Å²) in [5, 5.41) is 8.19. The Bertz CT molecular complexity index is 620. The fraction of sp³-hybridized carbons (Fsp3) is 0. The highest BCUT2D eigenvalue weighted by atomic mass is 35.5. The third kappa shape index (κ3) is 8.26. The molecule has 0 N–H and O–H groups in total. The maximum Gasteiger partial charge on any atom is 0.0912 e. The van der Waals surface area contributed by atoms with E-state index in [4.69, 9.17) is 16.9 Å². The number of nitriles is 1. The Balaban J connectivity index is 0.000000219. The van der Waals surface area contributed by atoms with Gasteiger partial charge in [-0.05, 0) is 17.2 Å². The van der Waals surface area contributed by atoms with E-state index in [2.05, 4.69) is 0 Å². The molecule has 21 heavy (non-hydrogen) atoms. The highest BCUT2D eigenvalue weighted by Gasteiger charge is 1.79. The molecule has 0 fully saturated rings. The average molecular weight is 294 g/mol. The molecule has 2 aromatic rings. The van der Waals surface area contributed by atoms with E-state index >= 15 is 0 Å². The van der Waals surface area contributed by atoms with Crippen LogP contribution in [-0.2, 0) is 0 Å². The van der Waals surface area contributed by atoms with Crippen molar-refractivity contribution in [3.63, 3.8) is 0 Å². The molecule has 0 radical (unpaired) electrons. The summed E-state index contributed by atoms with van der Waals surface area (Å²) >= 11 is 5.36. The molecule has 0 atom stereocenters. The van der Waals surface area contributed by atoms with Crippen LogP contribution < -0.4 is 0 Å². The summed E-state index contributed by atoms with van der Waals surface area (Å²) in [6.45, 7) is 0. The van der Waals surface area contributed by atoms with Gasteiger partial charge < -0.3 is 0 Å². The number of rotatable bonds is 3. The molecule has 0 bridgehead atoms. The Morgan fingerprint density at radius 1 is 0.762 bits per heavy atom. The molecule has 0 aliphatic heterocycles. The summed E-state index contributed by atoms with van der Waals surface area (Å²) in [5.41, 5.74) is 3.78. The number of hydrogen-bond donors (Lipinski definition) is 0. The highest BCUT2D eigenvalue weighted by Crippen LogP contribution is 2.01. The van der Waals surface area contributed by atoms with Crippen molar-refractivity contribution in [2.75, 3.05) is 0 Å². The molecule has 0 heterocycles. The molecule has 0 aromatic heterocycles. The lowest BCUT2D eigenvalue weighted by Crippen LogP contribution is -1.66. The Kier molecular flexibility index (Phi) is 8.86. The topological polar surface area (TPSA) is 23.8 Å². The highest BCUT2D eigenvalue weighted by molar-refractivity contribution is 6.27. The molecule has 0 aliphatic carbocycles. The van der Waals surface area contributed by atoms with Crippen molar-refractivity contribution < 1.29 is 0 Å². The summed E-state index contributed by atoms with van der Waals surface area (Å²) in [4.78, 5) is 0. The molecular formula is C19H16ClN. The van der Waals surface area contributed by atoms with Crippen LogP contribution in [0.3, 0.4) is 0 Å². The van der Waals surface area contributed by atoms with Gasteiger partial charge in [-0.3, -0.25) is 0 Å². The first-order valence-electron chi connectivity index (χ1n) is 6.46. The lowest BCUT2D eigenvalue weighted by Gasteiger charge is -1.87. The van der Waals surface area contributed by atoms with Gasteiger partial charge in [0.2, 0.25) is 0 Å². The maximum atomic E-state index is 8.19. The van der Waals surface area contributed by atoms with Gasteiger partial charge in [0.15, 0.2) is 0 Å². The summed E-state index contributed by atoms with van der Waals surface area (Å²) in [6.07, 6.45) is 8.81. The van der Waals surface area contributed by atoms with Crippen LogP contribution in [0.15, 0.2) is 84.4 Å². The lowest BCUT2D eigenvalue weighted by atomic mass is 10.2. The van der Waals surface area contributed by atoms with Crippen molar-refractivity contribution in [3.8, 4) is 6.07 Å². The second-order valence-electron chi connectivity index (χ2n) is 3.96. The van der Waals surface area contributed by atoms with Gasteiger partial charge in [-0.2, -0.15) is 5.26 Å². The molecule has 0 saturated heterocycles. The van der Waals surface area contributed by atoms with Crippen molar-refractivity contribution in [1.29, 1.82) is 5.26 Å². The van der Waals surface area contributed by atoms with Crippen LogP contribution in [0.25, 0.3) is 12.2 Å². The van der Waals surface area contributed by atoms with Crippen molar-refractivity contribution in [2.45, 2.75) is 0 Å². The lowest BCUT2D eigenvalue weighted by molar-refractivity contribution is 1.53.